The largest absolute Gasteiger partial charge is 0.467 e. The van der Waals surface area contributed by atoms with Gasteiger partial charge in [0.25, 0.3) is 5.91 Å². The zero-order chi connectivity index (χ0) is 24.3. The van der Waals surface area contributed by atoms with Gasteiger partial charge in [-0.2, -0.15) is 0 Å². The molecule has 0 fully saturated rings. The van der Waals surface area contributed by atoms with Crippen molar-refractivity contribution >= 4 is 40.1 Å². The molecule has 0 aliphatic carbocycles. The number of anilines is 1. The molecule has 0 aliphatic rings. The Kier molecular flexibility index (Phi) is 6.70. The van der Waals surface area contributed by atoms with Crippen LogP contribution in [0.1, 0.15) is 39.0 Å². The summed E-state index contributed by atoms with van der Waals surface area (Å²) in [6, 6.07) is 16.5. The van der Waals surface area contributed by atoms with Crippen LogP contribution in [0.4, 0.5) is 5.69 Å². The molecular weight excluding hydrogens is 454 g/mol. The first kappa shape index (κ1) is 23.5. The number of benzene rings is 2. The second kappa shape index (κ2) is 9.69. The molecule has 9 heteroatoms. The van der Waals surface area contributed by atoms with Gasteiger partial charge in [0.15, 0.2) is 6.04 Å². The summed E-state index contributed by atoms with van der Waals surface area (Å²) < 4.78 is 7.15. The molecule has 2 aromatic heterocycles. The minimum atomic E-state index is -1.04. The lowest BCUT2D eigenvalue weighted by Crippen LogP contribution is -2.51. The van der Waals surface area contributed by atoms with Crippen molar-refractivity contribution in [2.24, 2.45) is 0 Å². The predicted molar refractivity (Wildman–Crippen MR) is 130 cm³/mol. The van der Waals surface area contributed by atoms with Crippen molar-refractivity contribution in [3.63, 3.8) is 0 Å². The van der Waals surface area contributed by atoms with E-state index in [1.54, 1.807) is 36.4 Å². The summed E-state index contributed by atoms with van der Waals surface area (Å²) in [5.74, 6) is -0.367. The lowest BCUT2D eigenvalue weighted by Gasteiger charge is -2.33. The van der Waals surface area contributed by atoms with Gasteiger partial charge in [-0.05, 0) is 68.8 Å². The summed E-state index contributed by atoms with van der Waals surface area (Å²) in [5.41, 5.74) is 1.43. The summed E-state index contributed by atoms with van der Waals surface area (Å²) >= 11 is 6.10. The fourth-order valence-corrected chi connectivity index (χ4v) is 3.71. The zero-order valence-corrected chi connectivity index (χ0v) is 20.0. The van der Waals surface area contributed by atoms with Crippen LogP contribution < -0.4 is 10.2 Å². The monoisotopic (exact) mass is 479 g/mol. The molecule has 8 nitrogen and oxygen atoms in total. The summed E-state index contributed by atoms with van der Waals surface area (Å²) in [7, 11) is 0. The van der Waals surface area contributed by atoms with E-state index in [1.807, 2.05) is 45.0 Å². The number of aromatic nitrogens is 3. The minimum absolute atomic E-state index is 0.120. The van der Waals surface area contributed by atoms with Gasteiger partial charge in [0, 0.05) is 16.2 Å². The van der Waals surface area contributed by atoms with Gasteiger partial charge in [-0.3, -0.25) is 14.5 Å². The number of carbonyl (C=O) groups is 2. The van der Waals surface area contributed by atoms with E-state index in [4.69, 9.17) is 16.0 Å². The molecular formula is C25H26ClN5O3. The molecule has 4 aromatic rings. The highest BCUT2D eigenvalue weighted by atomic mass is 35.5. The molecule has 2 heterocycles. The van der Waals surface area contributed by atoms with Gasteiger partial charge in [0.1, 0.15) is 17.8 Å². The fraction of sp³-hybridized carbons (Fsp3) is 0.280. The molecule has 0 spiro atoms. The molecule has 176 valence electrons. The van der Waals surface area contributed by atoms with E-state index in [-0.39, 0.29) is 18.4 Å². The lowest BCUT2D eigenvalue weighted by atomic mass is 10.0. The standard InChI is InChI=1S/C25H26ClN5O3/c1-4-25(2,3)27-24(33)23(21-10-7-15-34-21)31(18-13-11-17(26)12-14-18)22(32)16-30-20-9-6-5-8-19(20)28-29-30/h5-15,23H,4,16H2,1-3H3,(H,27,33). The van der Waals surface area contributed by atoms with Crippen LogP contribution in [0.15, 0.2) is 71.3 Å². The maximum absolute atomic E-state index is 13.8. The number of hydrogen-bond acceptors (Lipinski definition) is 5. The number of amides is 2. The van der Waals surface area contributed by atoms with E-state index < -0.39 is 11.6 Å². The van der Waals surface area contributed by atoms with Crippen molar-refractivity contribution in [3.8, 4) is 0 Å². The quantitative estimate of drug-likeness (QED) is 0.393. The first-order valence-corrected chi connectivity index (χ1v) is 11.4. The van der Waals surface area contributed by atoms with Crippen molar-refractivity contribution in [1.29, 1.82) is 0 Å². The smallest absolute Gasteiger partial charge is 0.251 e. The highest BCUT2D eigenvalue weighted by Crippen LogP contribution is 2.30. The third-order valence-corrected chi connectivity index (χ3v) is 6.00. The number of nitrogens with one attached hydrogen (secondary N) is 1. The van der Waals surface area contributed by atoms with Crippen LogP contribution in [-0.2, 0) is 16.1 Å². The second-order valence-electron chi connectivity index (χ2n) is 8.62. The normalized spacial score (nSPS) is 12.5. The molecule has 0 radical (unpaired) electrons. The Labute approximate surface area is 202 Å². The number of nitrogens with zero attached hydrogens (tertiary/aromatic N) is 4. The van der Waals surface area contributed by atoms with Crippen LogP contribution in [0.25, 0.3) is 11.0 Å². The number of hydrogen-bond donors (Lipinski definition) is 1. The van der Waals surface area contributed by atoms with Crippen molar-refractivity contribution in [3.05, 3.63) is 77.7 Å². The molecule has 0 saturated heterocycles. The van der Waals surface area contributed by atoms with Gasteiger partial charge >= 0.3 is 0 Å². The van der Waals surface area contributed by atoms with Gasteiger partial charge < -0.3 is 9.73 Å². The Morgan fingerprint density at radius 2 is 1.85 bits per heavy atom. The molecule has 4 rings (SSSR count). The number of fused-ring (bicyclic) bond motifs is 1. The highest BCUT2D eigenvalue weighted by molar-refractivity contribution is 6.30. The maximum Gasteiger partial charge on any atom is 0.251 e. The fourth-order valence-electron chi connectivity index (χ4n) is 3.59. The molecule has 0 saturated carbocycles. The van der Waals surface area contributed by atoms with Crippen molar-refractivity contribution in [1.82, 2.24) is 20.3 Å². The van der Waals surface area contributed by atoms with Gasteiger partial charge in [0.05, 0.1) is 11.8 Å². The molecule has 0 bridgehead atoms. The summed E-state index contributed by atoms with van der Waals surface area (Å²) in [5, 5.41) is 11.8. The topological polar surface area (TPSA) is 93.3 Å². The van der Waals surface area contributed by atoms with Crippen molar-refractivity contribution in [2.45, 2.75) is 45.3 Å². The summed E-state index contributed by atoms with van der Waals surface area (Å²) in [4.78, 5) is 28.8. The molecule has 1 atom stereocenters. The van der Waals surface area contributed by atoms with Crippen LogP contribution in [0.5, 0.6) is 0 Å². The molecule has 1 unspecified atom stereocenters. The lowest BCUT2D eigenvalue weighted by molar-refractivity contribution is -0.128. The van der Waals surface area contributed by atoms with E-state index in [0.717, 1.165) is 5.52 Å². The Hall–Kier alpha value is -3.65. The van der Waals surface area contributed by atoms with E-state index in [9.17, 15) is 9.59 Å². The van der Waals surface area contributed by atoms with Gasteiger partial charge in [-0.1, -0.05) is 35.9 Å². The summed E-state index contributed by atoms with van der Waals surface area (Å²) in [6.45, 7) is 5.73. The Bertz CT molecular complexity index is 1280. The SMILES string of the molecule is CCC(C)(C)NC(=O)C(c1ccco1)N(C(=O)Cn1nnc2ccccc21)c1ccc(Cl)cc1. The highest BCUT2D eigenvalue weighted by Gasteiger charge is 2.37. The Balaban J connectivity index is 1.77. The number of carbonyl (C=O) groups excluding carboxylic acids is 2. The van der Waals surface area contributed by atoms with Crippen LogP contribution in [-0.4, -0.2) is 32.3 Å². The first-order chi connectivity index (χ1) is 16.3. The average molecular weight is 480 g/mol. The third-order valence-electron chi connectivity index (χ3n) is 5.74. The number of para-hydroxylation sites is 1. The molecule has 1 N–H and O–H groups in total. The Morgan fingerprint density at radius 1 is 1.12 bits per heavy atom. The average Bonchev–Trinajstić information content (AvgIpc) is 3.48. The predicted octanol–water partition coefficient (Wildman–Crippen LogP) is 4.76. The molecule has 0 aliphatic heterocycles. The number of halogens is 1. The van der Waals surface area contributed by atoms with E-state index in [2.05, 4.69) is 15.6 Å². The number of furan rings is 1. The van der Waals surface area contributed by atoms with Gasteiger partial charge in [-0.25, -0.2) is 4.68 Å². The Morgan fingerprint density at radius 3 is 2.53 bits per heavy atom. The molecule has 2 amide bonds. The van der Waals surface area contributed by atoms with Crippen LogP contribution in [0.2, 0.25) is 5.02 Å². The maximum atomic E-state index is 13.8. The third kappa shape index (κ3) is 4.97. The van der Waals surface area contributed by atoms with Crippen LogP contribution in [0, 0.1) is 0 Å². The first-order valence-electron chi connectivity index (χ1n) is 11.0. The van der Waals surface area contributed by atoms with Gasteiger partial charge in [-0.15, -0.1) is 5.10 Å². The number of rotatable bonds is 8. The molecule has 2 aromatic carbocycles. The van der Waals surface area contributed by atoms with E-state index >= 15 is 0 Å². The van der Waals surface area contributed by atoms with Crippen molar-refractivity contribution in [2.75, 3.05) is 4.90 Å². The van der Waals surface area contributed by atoms with Crippen LogP contribution in [0.3, 0.4) is 0 Å². The minimum Gasteiger partial charge on any atom is -0.467 e. The zero-order valence-electron chi connectivity index (χ0n) is 19.2. The van der Waals surface area contributed by atoms with Crippen molar-refractivity contribution < 1.29 is 14.0 Å². The summed E-state index contributed by atoms with van der Waals surface area (Å²) in [6.07, 6.45) is 2.19. The second-order valence-corrected chi connectivity index (χ2v) is 9.06. The van der Waals surface area contributed by atoms with E-state index in [0.29, 0.717) is 28.4 Å². The van der Waals surface area contributed by atoms with Crippen LogP contribution >= 0.6 is 11.6 Å². The van der Waals surface area contributed by atoms with Gasteiger partial charge in [0.2, 0.25) is 5.91 Å². The molecule has 34 heavy (non-hydrogen) atoms. The van der Waals surface area contributed by atoms with E-state index in [1.165, 1.54) is 15.8 Å².